The third kappa shape index (κ3) is 4.17. The number of aromatic nitrogens is 2. The van der Waals surface area contributed by atoms with Crippen LogP contribution < -0.4 is 10.9 Å². The Labute approximate surface area is 176 Å². The lowest BCUT2D eigenvalue weighted by molar-refractivity contribution is -0.137. The number of nitrogens with one attached hydrogen (secondary N) is 1. The summed E-state index contributed by atoms with van der Waals surface area (Å²) < 4.78 is 44.3. The summed E-state index contributed by atoms with van der Waals surface area (Å²) in [6, 6.07) is 2.51. The molecular formula is C18H13ClF3N3O4S. The second-order valence-electron chi connectivity index (χ2n) is 6.15. The van der Waals surface area contributed by atoms with Crippen LogP contribution in [0.25, 0.3) is 10.2 Å². The van der Waals surface area contributed by atoms with E-state index < -0.39 is 35.7 Å². The number of ether oxygens (including phenoxy) is 1. The first kappa shape index (κ1) is 21.8. The number of halogens is 4. The van der Waals surface area contributed by atoms with Crippen molar-refractivity contribution in [3.05, 3.63) is 55.9 Å². The van der Waals surface area contributed by atoms with Gasteiger partial charge in [0.05, 0.1) is 35.1 Å². The average molecular weight is 460 g/mol. The molecule has 1 N–H and O–H groups in total. The zero-order chi connectivity index (χ0) is 22.2. The van der Waals surface area contributed by atoms with E-state index in [1.165, 1.54) is 7.11 Å². The number of thiophene rings is 1. The van der Waals surface area contributed by atoms with Crippen molar-refractivity contribution in [3.8, 4) is 0 Å². The minimum atomic E-state index is -4.61. The predicted octanol–water partition coefficient (Wildman–Crippen LogP) is 3.86. The lowest BCUT2D eigenvalue weighted by Crippen LogP contribution is -2.28. The first-order valence-electron chi connectivity index (χ1n) is 8.26. The number of rotatable bonds is 4. The van der Waals surface area contributed by atoms with E-state index in [0.29, 0.717) is 16.5 Å². The molecule has 7 nitrogen and oxygen atoms in total. The van der Waals surface area contributed by atoms with Gasteiger partial charge in [-0.05, 0) is 30.7 Å². The van der Waals surface area contributed by atoms with Crippen LogP contribution in [0.2, 0.25) is 5.02 Å². The Morgan fingerprint density at radius 3 is 2.67 bits per heavy atom. The highest BCUT2D eigenvalue weighted by atomic mass is 35.5. The molecule has 1 aromatic carbocycles. The molecule has 0 bridgehead atoms. The van der Waals surface area contributed by atoms with Gasteiger partial charge in [0.15, 0.2) is 0 Å². The van der Waals surface area contributed by atoms with E-state index in [1.807, 2.05) is 0 Å². The highest BCUT2D eigenvalue weighted by Gasteiger charge is 2.31. The van der Waals surface area contributed by atoms with Crippen molar-refractivity contribution in [3.63, 3.8) is 0 Å². The van der Waals surface area contributed by atoms with E-state index in [0.717, 1.165) is 34.4 Å². The van der Waals surface area contributed by atoms with E-state index >= 15 is 0 Å². The van der Waals surface area contributed by atoms with E-state index in [-0.39, 0.29) is 21.0 Å². The van der Waals surface area contributed by atoms with Gasteiger partial charge in [-0.1, -0.05) is 11.6 Å². The monoisotopic (exact) mass is 459 g/mol. The Bertz CT molecular complexity index is 1220. The summed E-state index contributed by atoms with van der Waals surface area (Å²) in [6.45, 7) is 1.04. The molecule has 0 atom stereocenters. The molecule has 0 fully saturated rings. The van der Waals surface area contributed by atoms with E-state index in [4.69, 9.17) is 11.6 Å². The number of hydrogen-bond donors (Lipinski definition) is 1. The number of fused-ring (bicyclic) bond motifs is 1. The number of anilines is 1. The van der Waals surface area contributed by atoms with E-state index in [1.54, 1.807) is 6.92 Å². The molecule has 158 valence electrons. The zero-order valence-electron chi connectivity index (χ0n) is 15.5. The smallest absolute Gasteiger partial charge is 0.416 e. The van der Waals surface area contributed by atoms with E-state index in [2.05, 4.69) is 15.0 Å². The number of esters is 1. The fraction of sp³-hybridized carbons (Fsp3) is 0.222. The standard InChI is InChI=1S/C18H13ClF3N3O4S/c1-8-13-15(30-14(8)17(28)29-2)23-7-25(16(13)27)6-12(26)24-11-5-9(18(20,21)22)3-4-10(11)19/h3-5,7H,6H2,1-2H3,(H,24,26). The number of methoxy groups -OCH3 is 1. The summed E-state index contributed by atoms with van der Waals surface area (Å²) in [4.78, 5) is 41.5. The van der Waals surface area contributed by atoms with Crippen LogP contribution in [0.3, 0.4) is 0 Å². The highest BCUT2D eigenvalue weighted by Crippen LogP contribution is 2.34. The molecule has 0 saturated heterocycles. The van der Waals surface area contributed by atoms with Crippen molar-refractivity contribution in [2.75, 3.05) is 12.4 Å². The number of benzene rings is 1. The molecule has 2 aromatic heterocycles. The van der Waals surface area contributed by atoms with Crippen LogP contribution in [-0.2, 0) is 22.3 Å². The van der Waals surface area contributed by atoms with Gasteiger partial charge in [0, 0.05) is 0 Å². The molecule has 2 heterocycles. The van der Waals surface area contributed by atoms with Crippen molar-refractivity contribution in [2.24, 2.45) is 0 Å². The first-order valence-corrected chi connectivity index (χ1v) is 9.45. The van der Waals surface area contributed by atoms with Crippen LogP contribution in [-0.4, -0.2) is 28.5 Å². The van der Waals surface area contributed by atoms with Gasteiger partial charge in [-0.15, -0.1) is 11.3 Å². The number of amides is 1. The van der Waals surface area contributed by atoms with Gasteiger partial charge in [-0.25, -0.2) is 9.78 Å². The Morgan fingerprint density at radius 2 is 2.03 bits per heavy atom. The van der Waals surface area contributed by atoms with Crippen LogP contribution in [0.5, 0.6) is 0 Å². The van der Waals surface area contributed by atoms with Crippen LogP contribution >= 0.6 is 22.9 Å². The fourth-order valence-corrected chi connectivity index (χ4v) is 3.92. The van der Waals surface area contributed by atoms with Crippen LogP contribution in [0.4, 0.5) is 18.9 Å². The summed E-state index contributed by atoms with van der Waals surface area (Å²) in [5.41, 5.74) is -1.42. The number of hydrogen-bond acceptors (Lipinski definition) is 6. The topological polar surface area (TPSA) is 90.3 Å². The predicted molar refractivity (Wildman–Crippen MR) is 105 cm³/mol. The van der Waals surface area contributed by atoms with Gasteiger partial charge in [0.25, 0.3) is 5.56 Å². The van der Waals surface area contributed by atoms with Crippen molar-refractivity contribution in [1.29, 1.82) is 0 Å². The molecule has 0 radical (unpaired) electrons. The second kappa shape index (κ2) is 8.07. The highest BCUT2D eigenvalue weighted by molar-refractivity contribution is 7.20. The molecule has 0 saturated carbocycles. The second-order valence-corrected chi connectivity index (χ2v) is 7.55. The van der Waals surface area contributed by atoms with E-state index in [9.17, 15) is 27.6 Å². The summed E-state index contributed by atoms with van der Waals surface area (Å²) >= 11 is 6.85. The molecule has 0 spiro atoms. The maximum atomic E-state index is 12.9. The lowest BCUT2D eigenvalue weighted by atomic mass is 10.2. The Morgan fingerprint density at radius 1 is 1.33 bits per heavy atom. The maximum Gasteiger partial charge on any atom is 0.416 e. The maximum absolute atomic E-state index is 12.9. The molecule has 3 aromatic rings. The summed E-state index contributed by atoms with van der Waals surface area (Å²) in [5.74, 6) is -1.39. The normalized spacial score (nSPS) is 11.5. The van der Waals surface area contributed by atoms with Crippen LogP contribution in [0, 0.1) is 6.92 Å². The molecule has 12 heteroatoms. The summed E-state index contributed by atoms with van der Waals surface area (Å²) in [5, 5.41) is 2.33. The number of alkyl halides is 3. The van der Waals surface area contributed by atoms with Gasteiger partial charge in [0.2, 0.25) is 5.91 Å². The fourth-order valence-electron chi connectivity index (χ4n) is 2.70. The minimum Gasteiger partial charge on any atom is -0.465 e. The molecule has 30 heavy (non-hydrogen) atoms. The SMILES string of the molecule is COC(=O)c1sc2ncn(CC(=O)Nc3cc(C(F)(F)F)ccc3Cl)c(=O)c2c1C. The number of carbonyl (C=O) groups excluding carboxylic acids is 2. The van der Waals surface area contributed by atoms with Crippen LogP contribution in [0.15, 0.2) is 29.3 Å². The number of carbonyl (C=O) groups is 2. The lowest BCUT2D eigenvalue weighted by Gasteiger charge is -2.12. The van der Waals surface area contributed by atoms with Gasteiger partial charge < -0.3 is 10.1 Å². The number of aryl methyl sites for hydroxylation is 1. The molecule has 0 aliphatic rings. The largest absolute Gasteiger partial charge is 0.465 e. The summed E-state index contributed by atoms with van der Waals surface area (Å²) in [6.07, 6.45) is -3.49. The molecule has 0 aliphatic heterocycles. The first-order chi connectivity index (χ1) is 14.0. The quantitative estimate of drug-likeness (QED) is 0.598. The minimum absolute atomic E-state index is 0.0892. The Balaban J connectivity index is 1.89. The average Bonchev–Trinajstić information content (AvgIpc) is 3.01. The zero-order valence-corrected chi connectivity index (χ0v) is 17.0. The van der Waals surface area contributed by atoms with Crippen molar-refractivity contribution < 1.29 is 27.5 Å². The van der Waals surface area contributed by atoms with Gasteiger partial charge >= 0.3 is 12.1 Å². The molecule has 0 unspecified atom stereocenters. The summed E-state index contributed by atoms with van der Waals surface area (Å²) in [7, 11) is 1.21. The molecule has 1 amide bonds. The number of nitrogens with zero attached hydrogens (tertiary/aromatic N) is 2. The van der Waals surface area contributed by atoms with Crippen LogP contribution in [0.1, 0.15) is 20.8 Å². The van der Waals surface area contributed by atoms with Gasteiger partial charge in [-0.2, -0.15) is 13.2 Å². The van der Waals surface area contributed by atoms with Crippen molar-refractivity contribution >= 4 is 50.7 Å². The van der Waals surface area contributed by atoms with Gasteiger partial charge in [-0.3, -0.25) is 14.2 Å². The van der Waals surface area contributed by atoms with Gasteiger partial charge in [0.1, 0.15) is 16.3 Å². The third-order valence-corrected chi connectivity index (χ3v) is 5.68. The molecule has 3 rings (SSSR count). The van der Waals surface area contributed by atoms with Crippen molar-refractivity contribution in [1.82, 2.24) is 9.55 Å². The van der Waals surface area contributed by atoms with Crippen molar-refractivity contribution in [2.45, 2.75) is 19.6 Å². The Kier molecular flexibility index (Phi) is 5.86. The molecule has 0 aliphatic carbocycles. The molecular weight excluding hydrogens is 447 g/mol. The third-order valence-electron chi connectivity index (χ3n) is 4.17. The Hall–Kier alpha value is -2.92.